The summed E-state index contributed by atoms with van der Waals surface area (Å²) >= 11 is 0.834. The van der Waals surface area contributed by atoms with Gasteiger partial charge in [-0.05, 0) is 19.4 Å². The second-order valence-electron chi connectivity index (χ2n) is 5.10. The number of thiophene rings is 1. The van der Waals surface area contributed by atoms with Crippen LogP contribution in [0.15, 0.2) is 0 Å². The largest absolute Gasteiger partial charge is 0.460 e. The molecule has 150 valence electrons. The Kier molecular flexibility index (Phi) is 9.40. The third-order valence-corrected chi connectivity index (χ3v) is 4.36. The highest BCUT2D eigenvalue weighted by Crippen LogP contribution is 2.33. The minimum atomic E-state index is -0.743. The topological polar surface area (TPSA) is 143 Å². The molecule has 0 atom stereocenters. The van der Waals surface area contributed by atoms with Crippen molar-refractivity contribution in [3.63, 3.8) is 0 Å². The zero-order valence-electron chi connectivity index (χ0n) is 15.3. The molecule has 11 heteroatoms. The lowest BCUT2D eigenvalue weighted by atomic mass is 10.1. The van der Waals surface area contributed by atoms with E-state index in [2.05, 4.69) is 5.32 Å². The molecule has 0 aliphatic carbocycles. The normalized spacial score (nSPS) is 10.3. The maximum atomic E-state index is 12.3. The van der Waals surface area contributed by atoms with Crippen molar-refractivity contribution < 1.29 is 38.1 Å². The molecule has 0 aliphatic rings. The van der Waals surface area contributed by atoms with E-state index in [0.29, 0.717) is 12.2 Å². The van der Waals surface area contributed by atoms with Gasteiger partial charge in [-0.3, -0.25) is 9.59 Å². The molecular weight excluding hydrogens is 380 g/mol. The molecule has 3 N–H and O–H groups in total. The minimum Gasteiger partial charge on any atom is -0.460 e. The summed E-state index contributed by atoms with van der Waals surface area (Å²) in [5, 5.41) is 2.51. The van der Waals surface area contributed by atoms with Crippen molar-refractivity contribution in [2.75, 3.05) is 45.5 Å². The highest BCUT2D eigenvalue weighted by atomic mass is 32.1. The van der Waals surface area contributed by atoms with Gasteiger partial charge in [0, 0.05) is 13.7 Å². The number of methoxy groups -OCH3 is 1. The summed E-state index contributed by atoms with van der Waals surface area (Å²) in [5.74, 6) is -2.88. The Labute approximate surface area is 159 Å². The lowest BCUT2D eigenvalue weighted by Crippen LogP contribution is -2.23. The van der Waals surface area contributed by atoms with E-state index >= 15 is 0 Å². The fourth-order valence-corrected chi connectivity index (χ4v) is 2.97. The first-order chi connectivity index (χ1) is 12.8. The van der Waals surface area contributed by atoms with Gasteiger partial charge < -0.3 is 30.0 Å². The first kappa shape index (κ1) is 22.5. The summed E-state index contributed by atoms with van der Waals surface area (Å²) in [5.41, 5.74) is 5.60. The molecule has 0 unspecified atom stereocenters. The fourth-order valence-electron chi connectivity index (χ4n) is 1.91. The Morgan fingerprint density at radius 1 is 1.11 bits per heavy atom. The second-order valence-corrected chi connectivity index (χ2v) is 6.12. The molecule has 0 bridgehead atoms. The zero-order valence-corrected chi connectivity index (χ0v) is 16.1. The van der Waals surface area contributed by atoms with Gasteiger partial charge in [0.25, 0.3) is 11.8 Å². The standard InChI is InChI=1S/C16H22N2O8S/c1-4-24-8-11(20)26-7-10(19)18-15-12(16(22)25-6-5-23-3)9(2)13(27-15)14(17)21/h4-8H2,1-3H3,(H2,17,21)(H,18,19). The highest BCUT2D eigenvalue weighted by Gasteiger charge is 2.26. The maximum Gasteiger partial charge on any atom is 0.341 e. The first-order valence-corrected chi connectivity index (χ1v) is 8.75. The van der Waals surface area contributed by atoms with E-state index in [9.17, 15) is 19.2 Å². The predicted molar refractivity (Wildman–Crippen MR) is 95.8 cm³/mol. The van der Waals surface area contributed by atoms with Gasteiger partial charge in [0.1, 0.15) is 18.2 Å². The number of esters is 2. The SMILES string of the molecule is CCOCC(=O)OCC(=O)Nc1sc(C(N)=O)c(C)c1C(=O)OCCOC. The van der Waals surface area contributed by atoms with Gasteiger partial charge in [0.05, 0.1) is 17.0 Å². The zero-order chi connectivity index (χ0) is 20.4. The number of rotatable bonds is 11. The van der Waals surface area contributed by atoms with Crippen LogP contribution in [-0.4, -0.2) is 63.9 Å². The Morgan fingerprint density at radius 3 is 2.41 bits per heavy atom. The lowest BCUT2D eigenvalue weighted by Gasteiger charge is -2.08. The third kappa shape index (κ3) is 6.96. The van der Waals surface area contributed by atoms with E-state index in [-0.39, 0.29) is 35.3 Å². The van der Waals surface area contributed by atoms with Gasteiger partial charge in [0.15, 0.2) is 6.61 Å². The molecule has 1 aromatic rings. The summed E-state index contributed by atoms with van der Waals surface area (Å²) in [6.45, 7) is 2.90. The quantitative estimate of drug-likeness (QED) is 0.402. The molecule has 27 heavy (non-hydrogen) atoms. The molecule has 0 aromatic carbocycles. The molecule has 0 spiro atoms. The van der Waals surface area contributed by atoms with Crippen molar-refractivity contribution in [2.45, 2.75) is 13.8 Å². The number of ether oxygens (including phenoxy) is 4. The minimum absolute atomic E-state index is 0.00104. The number of carbonyl (C=O) groups is 4. The number of primary amides is 1. The van der Waals surface area contributed by atoms with Crippen molar-refractivity contribution in [1.82, 2.24) is 0 Å². The number of nitrogens with one attached hydrogen (secondary N) is 1. The first-order valence-electron chi connectivity index (χ1n) is 7.94. The molecule has 0 radical (unpaired) electrons. The van der Waals surface area contributed by atoms with E-state index in [1.54, 1.807) is 6.92 Å². The second kappa shape index (κ2) is 11.3. The predicted octanol–water partition coefficient (Wildman–Crippen LogP) is 0.477. The van der Waals surface area contributed by atoms with Crippen LogP contribution in [-0.2, 0) is 28.5 Å². The summed E-state index contributed by atoms with van der Waals surface area (Å²) in [6.07, 6.45) is 0. The van der Waals surface area contributed by atoms with Crippen molar-refractivity contribution >= 4 is 40.1 Å². The average molecular weight is 402 g/mol. The fraction of sp³-hybridized carbons (Fsp3) is 0.500. The highest BCUT2D eigenvalue weighted by molar-refractivity contribution is 7.18. The van der Waals surface area contributed by atoms with Crippen molar-refractivity contribution in [3.05, 3.63) is 16.0 Å². The Bertz CT molecular complexity index is 701. The smallest absolute Gasteiger partial charge is 0.341 e. The van der Waals surface area contributed by atoms with Crippen LogP contribution >= 0.6 is 11.3 Å². The van der Waals surface area contributed by atoms with E-state index in [1.165, 1.54) is 14.0 Å². The molecule has 0 fully saturated rings. The van der Waals surface area contributed by atoms with Gasteiger partial charge >= 0.3 is 11.9 Å². The van der Waals surface area contributed by atoms with Crippen LogP contribution < -0.4 is 11.1 Å². The number of hydrogen-bond donors (Lipinski definition) is 2. The molecule has 0 saturated carbocycles. The van der Waals surface area contributed by atoms with E-state index in [1.807, 2.05) is 0 Å². The number of nitrogens with two attached hydrogens (primary N) is 1. The molecule has 2 amide bonds. The maximum absolute atomic E-state index is 12.3. The molecule has 1 rings (SSSR count). The summed E-state index contributed by atoms with van der Waals surface area (Å²) in [6, 6.07) is 0. The van der Waals surface area contributed by atoms with Crippen LogP contribution in [0, 0.1) is 6.92 Å². The van der Waals surface area contributed by atoms with Crippen LogP contribution in [0.4, 0.5) is 5.00 Å². The van der Waals surface area contributed by atoms with Crippen molar-refractivity contribution in [3.8, 4) is 0 Å². The van der Waals surface area contributed by atoms with E-state index in [4.69, 9.17) is 24.7 Å². The van der Waals surface area contributed by atoms with Gasteiger partial charge in [-0.1, -0.05) is 0 Å². The number of hydrogen-bond acceptors (Lipinski definition) is 9. The van der Waals surface area contributed by atoms with Crippen molar-refractivity contribution in [2.24, 2.45) is 5.73 Å². The average Bonchev–Trinajstić information content (AvgIpc) is 2.94. The number of carbonyl (C=O) groups excluding carboxylic acids is 4. The van der Waals surface area contributed by atoms with Crippen LogP contribution in [0.25, 0.3) is 0 Å². The van der Waals surface area contributed by atoms with E-state index in [0.717, 1.165) is 11.3 Å². The van der Waals surface area contributed by atoms with Crippen LogP contribution in [0.3, 0.4) is 0 Å². The van der Waals surface area contributed by atoms with Gasteiger partial charge in [0.2, 0.25) is 0 Å². The van der Waals surface area contributed by atoms with Gasteiger partial charge in [-0.2, -0.15) is 0 Å². The van der Waals surface area contributed by atoms with Crippen LogP contribution in [0.1, 0.15) is 32.5 Å². The monoisotopic (exact) mass is 402 g/mol. The molecule has 10 nitrogen and oxygen atoms in total. The van der Waals surface area contributed by atoms with Crippen LogP contribution in [0.2, 0.25) is 0 Å². The molecular formula is C16H22N2O8S. The van der Waals surface area contributed by atoms with E-state index < -0.39 is 30.4 Å². The van der Waals surface area contributed by atoms with Gasteiger partial charge in [-0.15, -0.1) is 11.3 Å². The summed E-state index contributed by atoms with van der Waals surface area (Å²) in [4.78, 5) is 47.3. The molecule has 1 heterocycles. The molecule has 0 aliphatic heterocycles. The van der Waals surface area contributed by atoms with Crippen LogP contribution in [0.5, 0.6) is 0 Å². The molecule has 0 saturated heterocycles. The third-order valence-electron chi connectivity index (χ3n) is 3.14. The Balaban J connectivity index is 2.87. The number of anilines is 1. The Hall–Kier alpha value is -2.50. The number of amides is 2. The summed E-state index contributed by atoms with van der Waals surface area (Å²) < 4.78 is 19.5. The lowest BCUT2D eigenvalue weighted by molar-refractivity contribution is -0.151. The molecule has 1 aromatic heterocycles. The Morgan fingerprint density at radius 2 is 1.81 bits per heavy atom. The van der Waals surface area contributed by atoms with Gasteiger partial charge in [-0.25, -0.2) is 9.59 Å². The van der Waals surface area contributed by atoms with Crippen molar-refractivity contribution in [1.29, 1.82) is 0 Å². The summed E-state index contributed by atoms with van der Waals surface area (Å²) in [7, 11) is 1.45.